The molecule has 0 aliphatic heterocycles. The van der Waals surface area contributed by atoms with Crippen LogP contribution in [0.4, 0.5) is 5.69 Å². The summed E-state index contributed by atoms with van der Waals surface area (Å²) >= 11 is 0. The van der Waals surface area contributed by atoms with Crippen LogP contribution in [0.3, 0.4) is 0 Å². The van der Waals surface area contributed by atoms with Gasteiger partial charge in [-0.3, -0.25) is 4.79 Å². The van der Waals surface area contributed by atoms with Gasteiger partial charge in [0.2, 0.25) is 5.91 Å². The molecule has 1 amide bonds. The van der Waals surface area contributed by atoms with Gasteiger partial charge >= 0.3 is 0 Å². The summed E-state index contributed by atoms with van der Waals surface area (Å²) in [6.07, 6.45) is 1.56. The molecule has 0 bridgehead atoms. The van der Waals surface area contributed by atoms with E-state index >= 15 is 0 Å². The first-order valence-corrected chi connectivity index (χ1v) is 6.78. The molecule has 0 radical (unpaired) electrons. The minimum Gasteiger partial charge on any atom is -0.494 e. The van der Waals surface area contributed by atoms with E-state index in [1.54, 1.807) is 25.3 Å². The molecular weight excluding hydrogens is 270 g/mol. The average molecular weight is 289 g/mol. The lowest BCUT2D eigenvalue weighted by Crippen LogP contribution is -2.26. The second kappa shape index (κ2) is 6.85. The third kappa shape index (κ3) is 3.57. The maximum atomic E-state index is 12.2. The van der Waals surface area contributed by atoms with Crippen LogP contribution in [-0.2, 0) is 11.3 Å². The molecule has 0 aliphatic rings. The molecule has 3 N–H and O–H groups in total. The minimum atomic E-state index is -0.488. The zero-order valence-electron chi connectivity index (χ0n) is 12.1. The van der Waals surface area contributed by atoms with Crippen LogP contribution in [0, 0.1) is 0 Å². The monoisotopic (exact) mass is 289 g/mol. The van der Waals surface area contributed by atoms with Crippen LogP contribution in [0.2, 0.25) is 0 Å². The molecule has 0 aliphatic carbocycles. The number of carbonyl (C=O) groups excluding carboxylic acids is 1. The standard InChI is InChI=1S/C14H19N5O2/c1-3-21-13-6-4-11(5-7-13)17-14(20)10(2)19-12(8-15)9-16-18-19/h4-7,9-10H,3,8,15H2,1-2H3,(H,17,20). The Bertz CT molecular complexity index is 594. The summed E-state index contributed by atoms with van der Waals surface area (Å²) in [6, 6.07) is 6.72. The highest BCUT2D eigenvalue weighted by Crippen LogP contribution is 2.17. The number of carbonyl (C=O) groups is 1. The number of hydrogen-bond acceptors (Lipinski definition) is 5. The van der Waals surface area contributed by atoms with Gasteiger partial charge in [-0.1, -0.05) is 5.21 Å². The number of nitrogens with two attached hydrogens (primary N) is 1. The predicted octanol–water partition coefficient (Wildman–Crippen LogP) is 1.34. The fourth-order valence-corrected chi connectivity index (χ4v) is 1.90. The summed E-state index contributed by atoms with van der Waals surface area (Å²) in [5.74, 6) is 0.588. The van der Waals surface area contributed by atoms with Gasteiger partial charge in [0, 0.05) is 12.2 Å². The van der Waals surface area contributed by atoms with Gasteiger partial charge < -0.3 is 15.8 Å². The van der Waals surface area contributed by atoms with Gasteiger partial charge in [0.25, 0.3) is 0 Å². The SMILES string of the molecule is CCOc1ccc(NC(=O)C(C)n2nncc2CN)cc1. The molecule has 21 heavy (non-hydrogen) atoms. The van der Waals surface area contributed by atoms with Gasteiger partial charge in [0.15, 0.2) is 0 Å². The van der Waals surface area contributed by atoms with Crippen molar-refractivity contribution in [3.63, 3.8) is 0 Å². The normalized spacial score (nSPS) is 12.0. The fraction of sp³-hybridized carbons (Fsp3) is 0.357. The number of hydrogen-bond donors (Lipinski definition) is 2. The van der Waals surface area contributed by atoms with Gasteiger partial charge in [-0.25, -0.2) is 4.68 Å². The first-order chi connectivity index (χ1) is 10.2. The maximum absolute atomic E-state index is 12.2. The Kier molecular flexibility index (Phi) is 4.89. The third-order valence-corrected chi connectivity index (χ3v) is 3.04. The van der Waals surface area contributed by atoms with Crippen LogP contribution in [0.25, 0.3) is 0 Å². The van der Waals surface area contributed by atoms with Crippen molar-refractivity contribution in [1.82, 2.24) is 15.0 Å². The first-order valence-electron chi connectivity index (χ1n) is 6.78. The van der Waals surface area contributed by atoms with Crippen LogP contribution >= 0.6 is 0 Å². The Balaban J connectivity index is 2.03. The average Bonchev–Trinajstić information content (AvgIpc) is 2.97. The van der Waals surface area contributed by atoms with Gasteiger partial charge in [0.1, 0.15) is 11.8 Å². The second-order valence-corrected chi connectivity index (χ2v) is 4.50. The summed E-state index contributed by atoms with van der Waals surface area (Å²) in [5.41, 5.74) is 7.00. The zero-order valence-corrected chi connectivity index (χ0v) is 12.1. The van der Waals surface area contributed by atoms with E-state index in [9.17, 15) is 4.79 Å². The number of anilines is 1. The van der Waals surface area contributed by atoms with E-state index < -0.39 is 6.04 Å². The lowest BCUT2D eigenvalue weighted by molar-refractivity contribution is -0.119. The van der Waals surface area contributed by atoms with Crippen molar-refractivity contribution in [3.8, 4) is 5.75 Å². The molecule has 7 nitrogen and oxygen atoms in total. The summed E-state index contributed by atoms with van der Waals surface area (Å²) in [7, 11) is 0. The van der Waals surface area contributed by atoms with Crippen LogP contribution in [0.15, 0.2) is 30.5 Å². The van der Waals surface area contributed by atoms with Gasteiger partial charge in [-0.2, -0.15) is 0 Å². The Hall–Kier alpha value is -2.41. The molecule has 1 heterocycles. The van der Waals surface area contributed by atoms with E-state index in [4.69, 9.17) is 10.5 Å². The molecule has 2 rings (SSSR count). The van der Waals surface area contributed by atoms with E-state index in [1.165, 1.54) is 4.68 Å². The molecule has 1 aromatic heterocycles. The molecule has 7 heteroatoms. The Labute approximate surface area is 123 Å². The minimum absolute atomic E-state index is 0.181. The van der Waals surface area contributed by atoms with Crippen molar-refractivity contribution < 1.29 is 9.53 Å². The Morgan fingerprint density at radius 1 is 1.43 bits per heavy atom. The summed E-state index contributed by atoms with van der Waals surface area (Å²) in [4.78, 5) is 12.2. The fourth-order valence-electron chi connectivity index (χ4n) is 1.90. The van der Waals surface area contributed by atoms with E-state index in [0.717, 1.165) is 5.75 Å². The Morgan fingerprint density at radius 3 is 2.76 bits per heavy atom. The predicted molar refractivity (Wildman–Crippen MR) is 78.9 cm³/mol. The molecule has 0 spiro atoms. The van der Waals surface area contributed by atoms with E-state index in [2.05, 4.69) is 15.6 Å². The van der Waals surface area contributed by atoms with Crippen molar-refractivity contribution in [2.45, 2.75) is 26.4 Å². The van der Waals surface area contributed by atoms with Crippen molar-refractivity contribution in [2.75, 3.05) is 11.9 Å². The third-order valence-electron chi connectivity index (χ3n) is 3.04. The quantitative estimate of drug-likeness (QED) is 0.836. The number of nitrogens with one attached hydrogen (secondary N) is 1. The van der Waals surface area contributed by atoms with Crippen LogP contribution in [0.1, 0.15) is 25.6 Å². The molecular formula is C14H19N5O2. The van der Waals surface area contributed by atoms with E-state index in [0.29, 0.717) is 18.0 Å². The summed E-state index contributed by atoms with van der Waals surface area (Å²) in [6.45, 7) is 4.56. The number of aromatic nitrogens is 3. The van der Waals surface area contributed by atoms with Gasteiger partial charge in [-0.05, 0) is 38.1 Å². The highest BCUT2D eigenvalue weighted by atomic mass is 16.5. The molecule has 112 valence electrons. The summed E-state index contributed by atoms with van der Waals surface area (Å²) < 4.78 is 6.87. The largest absolute Gasteiger partial charge is 0.494 e. The lowest BCUT2D eigenvalue weighted by atomic mass is 10.2. The van der Waals surface area contributed by atoms with Crippen molar-refractivity contribution >= 4 is 11.6 Å². The first kappa shape index (κ1) is 15.0. The molecule has 1 aromatic carbocycles. The number of amides is 1. The zero-order chi connectivity index (χ0) is 15.2. The summed E-state index contributed by atoms with van der Waals surface area (Å²) in [5, 5.41) is 10.5. The number of nitrogens with zero attached hydrogens (tertiary/aromatic N) is 3. The molecule has 0 fully saturated rings. The van der Waals surface area contributed by atoms with Crippen LogP contribution < -0.4 is 15.8 Å². The van der Waals surface area contributed by atoms with Gasteiger partial charge in [-0.15, -0.1) is 5.10 Å². The number of rotatable bonds is 6. The molecule has 0 saturated heterocycles. The maximum Gasteiger partial charge on any atom is 0.249 e. The molecule has 0 saturated carbocycles. The van der Waals surface area contributed by atoms with Crippen LogP contribution in [-0.4, -0.2) is 27.5 Å². The van der Waals surface area contributed by atoms with Crippen molar-refractivity contribution in [1.29, 1.82) is 0 Å². The molecule has 2 aromatic rings. The van der Waals surface area contributed by atoms with Crippen molar-refractivity contribution in [2.24, 2.45) is 5.73 Å². The lowest BCUT2D eigenvalue weighted by Gasteiger charge is -2.14. The molecule has 1 unspecified atom stereocenters. The Morgan fingerprint density at radius 2 is 2.14 bits per heavy atom. The smallest absolute Gasteiger partial charge is 0.249 e. The topological polar surface area (TPSA) is 95.1 Å². The van der Waals surface area contributed by atoms with Crippen molar-refractivity contribution in [3.05, 3.63) is 36.2 Å². The highest BCUT2D eigenvalue weighted by molar-refractivity contribution is 5.93. The molecule has 1 atom stereocenters. The number of ether oxygens (including phenoxy) is 1. The van der Waals surface area contributed by atoms with E-state index in [1.807, 2.05) is 19.1 Å². The number of benzene rings is 1. The van der Waals surface area contributed by atoms with E-state index in [-0.39, 0.29) is 12.5 Å². The highest BCUT2D eigenvalue weighted by Gasteiger charge is 2.18. The van der Waals surface area contributed by atoms with Gasteiger partial charge in [0.05, 0.1) is 18.5 Å². The second-order valence-electron chi connectivity index (χ2n) is 4.50. The van der Waals surface area contributed by atoms with Crippen LogP contribution in [0.5, 0.6) is 5.75 Å².